The van der Waals surface area contributed by atoms with Gasteiger partial charge in [0.05, 0.1) is 24.7 Å². The lowest BCUT2D eigenvalue weighted by Crippen LogP contribution is -2.44. The van der Waals surface area contributed by atoms with E-state index in [0.29, 0.717) is 18.8 Å². The maximum Gasteiger partial charge on any atom is 0.270 e. The third kappa shape index (κ3) is 5.58. The largest absolute Gasteiger partial charge is 0.356 e. The summed E-state index contributed by atoms with van der Waals surface area (Å²) in [6.07, 6.45) is 5.53. The second-order valence-corrected chi connectivity index (χ2v) is 9.75. The van der Waals surface area contributed by atoms with Gasteiger partial charge in [-0.25, -0.2) is 0 Å². The zero-order chi connectivity index (χ0) is 25.6. The third-order valence-electron chi connectivity index (χ3n) is 7.32. The molecule has 2 aliphatic rings. The Hall–Kier alpha value is -3.94. The van der Waals surface area contributed by atoms with Crippen molar-refractivity contribution < 1.29 is 14.4 Å². The van der Waals surface area contributed by atoms with E-state index in [1.54, 1.807) is 4.90 Å². The second-order valence-electron chi connectivity index (χ2n) is 9.75. The van der Waals surface area contributed by atoms with Crippen LogP contribution in [0.15, 0.2) is 54.6 Å². The van der Waals surface area contributed by atoms with Gasteiger partial charge in [-0.1, -0.05) is 67.4 Å². The molecule has 2 heterocycles. The molecular weight excluding hydrogens is 466 g/mol. The molecule has 8 heteroatoms. The Morgan fingerprint density at radius 1 is 0.973 bits per heavy atom. The fraction of sp³-hybridized carbons (Fsp3) is 0.379. The van der Waals surface area contributed by atoms with E-state index in [4.69, 9.17) is 0 Å². The summed E-state index contributed by atoms with van der Waals surface area (Å²) in [5.74, 6) is -0.608. The van der Waals surface area contributed by atoms with Gasteiger partial charge in [0.2, 0.25) is 11.8 Å². The van der Waals surface area contributed by atoms with Crippen molar-refractivity contribution in [3.8, 4) is 11.3 Å². The highest BCUT2D eigenvalue weighted by Crippen LogP contribution is 2.33. The minimum Gasteiger partial charge on any atom is -0.356 e. The molecule has 1 saturated heterocycles. The van der Waals surface area contributed by atoms with Gasteiger partial charge in [0.25, 0.3) is 5.91 Å². The van der Waals surface area contributed by atoms with Crippen LogP contribution in [0, 0.1) is 0 Å². The van der Waals surface area contributed by atoms with Gasteiger partial charge >= 0.3 is 0 Å². The summed E-state index contributed by atoms with van der Waals surface area (Å²) in [6, 6.07) is 17.4. The number of carbonyl (C=O) groups is 3. The predicted octanol–water partition coefficient (Wildman–Crippen LogP) is 3.56. The SMILES string of the molecule is O=C1CC(c2ccccc2)N(C(=O)CNC(=O)c2[nH]nc3c2CCc2ccccc2-3)CCCCCCN1. The topological polar surface area (TPSA) is 107 Å². The Morgan fingerprint density at radius 2 is 1.76 bits per heavy atom. The zero-order valence-electron chi connectivity index (χ0n) is 21.0. The second kappa shape index (κ2) is 11.4. The van der Waals surface area contributed by atoms with Crippen molar-refractivity contribution >= 4 is 17.7 Å². The Kier molecular flexibility index (Phi) is 7.63. The van der Waals surface area contributed by atoms with Crippen molar-refractivity contribution in [2.45, 2.75) is 51.0 Å². The number of hydrogen-bond acceptors (Lipinski definition) is 4. The highest BCUT2D eigenvalue weighted by Gasteiger charge is 2.29. The minimum atomic E-state index is -0.389. The van der Waals surface area contributed by atoms with Gasteiger partial charge in [-0.3, -0.25) is 19.5 Å². The first-order valence-electron chi connectivity index (χ1n) is 13.2. The molecule has 2 aromatic carbocycles. The van der Waals surface area contributed by atoms with Crippen molar-refractivity contribution in [3.63, 3.8) is 0 Å². The van der Waals surface area contributed by atoms with Crippen LogP contribution in [0.25, 0.3) is 11.3 Å². The van der Waals surface area contributed by atoms with Gasteiger partial charge < -0.3 is 15.5 Å². The molecule has 0 spiro atoms. The van der Waals surface area contributed by atoms with Crippen LogP contribution in [0.4, 0.5) is 0 Å². The normalized spacial score (nSPS) is 18.1. The van der Waals surface area contributed by atoms with Gasteiger partial charge in [-0.15, -0.1) is 0 Å². The number of rotatable bonds is 4. The van der Waals surface area contributed by atoms with Gasteiger partial charge in [-0.05, 0) is 36.8 Å². The molecule has 37 heavy (non-hydrogen) atoms. The van der Waals surface area contributed by atoms with Crippen LogP contribution in [0.2, 0.25) is 0 Å². The van der Waals surface area contributed by atoms with Gasteiger partial charge in [0.1, 0.15) is 5.69 Å². The number of carbonyl (C=O) groups excluding carboxylic acids is 3. The van der Waals surface area contributed by atoms with E-state index in [1.807, 2.05) is 48.5 Å². The summed E-state index contributed by atoms with van der Waals surface area (Å²) >= 11 is 0. The van der Waals surface area contributed by atoms with E-state index < -0.39 is 0 Å². The predicted molar refractivity (Wildman–Crippen MR) is 141 cm³/mol. The first kappa shape index (κ1) is 24.7. The molecular formula is C29H33N5O3. The standard InChI is InChI=1S/C29H33N5O3/c35-25-18-24(21-11-4-3-5-12-21)34(17-9-2-1-8-16-30-25)26(36)19-31-29(37)28-23-15-14-20-10-6-7-13-22(20)27(23)32-33-28/h3-7,10-13,24H,1-2,8-9,14-19H2,(H,30,35)(H,31,37)(H,32,33). The molecule has 1 unspecified atom stereocenters. The number of aromatic nitrogens is 2. The molecule has 1 atom stereocenters. The third-order valence-corrected chi connectivity index (χ3v) is 7.32. The highest BCUT2D eigenvalue weighted by atomic mass is 16.2. The fourth-order valence-electron chi connectivity index (χ4n) is 5.37. The summed E-state index contributed by atoms with van der Waals surface area (Å²) in [4.78, 5) is 41.1. The monoisotopic (exact) mass is 499 g/mol. The number of aryl methyl sites for hydroxylation is 1. The first-order valence-corrected chi connectivity index (χ1v) is 13.2. The molecule has 0 bridgehead atoms. The first-order chi connectivity index (χ1) is 18.1. The molecule has 3 amide bonds. The number of H-pyrrole nitrogens is 1. The average Bonchev–Trinajstić information content (AvgIpc) is 3.36. The Balaban J connectivity index is 1.32. The van der Waals surface area contributed by atoms with Crippen LogP contribution >= 0.6 is 0 Å². The van der Waals surface area contributed by atoms with E-state index in [-0.39, 0.29) is 36.7 Å². The van der Waals surface area contributed by atoms with Crippen LogP contribution in [0.5, 0.6) is 0 Å². The number of nitrogens with zero attached hydrogens (tertiary/aromatic N) is 2. The Morgan fingerprint density at radius 3 is 2.62 bits per heavy atom. The highest BCUT2D eigenvalue weighted by molar-refractivity contribution is 5.98. The van der Waals surface area contributed by atoms with Crippen LogP contribution in [-0.4, -0.2) is 52.5 Å². The van der Waals surface area contributed by atoms with Gasteiger partial charge in [0, 0.05) is 24.2 Å². The number of amides is 3. The summed E-state index contributed by atoms with van der Waals surface area (Å²) in [5.41, 5.74) is 5.28. The van der Waals surface area contributed by atoms with Crippen molar-refractivity contribution in [1.29, 1.82) is 0 Å². The minimum absolute atomic E-state index is 0.0676. The molecule has 1 fully saturated rings. The molecule has 0 radical (unpaired) electrons. The fourth-order valence-corrected chi connectivity index (χ4v) is 5.37. The molecule has 8 nitrogen and oxygen atoms in total. The van der Waals surface area contributed by atoms with Crippen LogP contribution in [0.1, 0.15) is 65.3 Å². The van der Waals surface area contributed by atoms with Crippen LogP contribution < -0.4 is 10.6 Å². The van der Waals surface area contributed by atoms with Crippen molar-refractivity contribution in [2.75, 3.05) is 19.6 Å². The summed E-state index contributed by atoms with van der Waals surface area (Å²) in [5, 5.41) is 13.1. The van der Waals surface area contributed by atoms with E-state index >= 15 is 0 Å². The summed E-state index contributed by atoms with van der Waals surface area (Å²) in [7, 11) is 0. The summed E-state index contributed by atoms with van der Waals surface area (Å²) < 4.78 is 0. The quantitative estimate of drug-likeness (QED) is 0.510. The van der Waals surface area contributed by atoms with E-state index in [2.05, 4.69) is 26.9 Å². The summed E-state index contributed by atoms with van der Waals surface area (Å²) in [6.45, 7) is 1.05. The lowest BCUT2D eigenvalue weighted by molar-refractivity contribution is -0.134. The van der Waals surface area contributed by atoms with E-state index in [1.165, 1.54) is 5.56 Å². The zero-order valence-corrected chi connectivity index (χ0v) is 21.0. The van der Waals surface area contributed by atoms with Crippen LogP contribution in [0.3, 0.4) is 0 Å². The van der Waals surface area contributed by atoms with E-state index in [0.717, 1.165) is 60.9 Å². The molecule has 0 saturated carbocycles. The van der Waals surface area contributed by atoms with Crippen molar-refractivity contribution in [3.05, 3.63) is 77.0 Å². The maximum absolute atomic E-state index is 13.5. The number of aromatic amines is 1. The smallest absolute Gasteiger partial charge is 0.270 e. The average molecular weight is 500 g/mol. The lowest BCUT2D eigenvalue weighted by Gasteiger charge is -2.32. The molecule has 3 aromatic rings. The lowest BCUT2D eigenvalue weighted by atomic mass is 9.89. The molecule has 192 valence electrons. The van der Waals surface area contributed by atoms with E-state index in [9.17, 15) is 14.4 Å². The number of hydrogen-bond donors (Lipinski definition) is 3. The van der Waals surface area contributed by atoms with Crippen molar-refractivity contribution in [2.24, 2.45) is 0 Å². The molecule has 3 N–H and O–H groups in total. The maximum atomic E-state index is 13.5. The Bertz CT molecular complexity index is 1270. The molecule has 1 aliphatic heterocycles. The Labute approximate surface area is 216 Å². The molecule has 1 aliphatic carbocycles. The van der Waals surface area contributed by atoms with Gasteiger partial charge in [-0.2, -0.15) is 5.10 Å². The van der Waals surface area contributed by atoms with Crippen molar-refractivity contribution in [1.82, 2.24) is 25.7 Å². The molecule has 5 rings (SSSR count). The number of fused-ring (bicyclic) bond motifs is 3. The number of nitrogens with one attached hydrogen (secondary N) is 3. The van der Waals surface area contributed by atoms with Gasteiger partial charge in [0.15, 0.2) is 0 Å². The van der Waals surface area contributed by atoms with Crippen LogP contribution in [-0.2, 0) is 22.4 Å². The number of benzene rings is 2. The molecule has 1 aromatic heterocycles.